The predicted octanol–water partition coefficient (Wildman–Crippen LogP) is 0.539. The fourth-order valence-electron chi connectivity index (χ4n) is 2.00. The van der Waals surface area contributed by atoms with Crippen LogP contribution in [-0.4, -0.2) is 43.8 Å². The highest BCUT2D eigenvalue weighted by Gasteiger charge is 2.31. The van der Waals surface area contributed by atoms with Gasteiger partial charge in [0.2, 0.25) is 15.7 Å². The minimum atomic E-state index is -3.75. The lowest BCUT2D eigenvalue weighted by Gasteiger charge is -2.15. The molecule has 0 unspecified atom stereocenters. The van der Waals surface area contributed by atoms with Crippen molar-refractivity contribution >= 4 is 15.7 Å². The first kappa shape index (κ1) is 14.9. The number of hydrogen-bond acceptors (Lipinski definition) is 5. The second kappa shape index (κ2) is 6.32. The Labute approximate surface area is 118 Å². The molecule has 1 fully saturated rings. The van der Waals surface area contributed by atoms with Crippen LogP contribution in [0.5, 0.6) is 0 Å². The predicted molar refractivity (Wildman–Crippen MR) is 72.9 cm³/mol. The lowest BCUT2D eigenvalue weighted by atomic mass is 10.2. The second-order valence-electron chi connectivity index (χ2n) is 4.74. The number of aromatic nitrogens is 1. The molecule has 1 aliphatic heterocycles. The van der Waals surface area contributed by atoms with E-state index in [2.05, 4.69) is 10.3 Å². The van der Waals surface area contributed by atoms with Crippen LogP contribution in [0.1, 0.15) is 19.8 Å². The van der Waals surface area contributed by atoms with E-state index in [0.29, 0.717) is 13.2 Å². The molecule has 110 valence electrons. The lowest BCUT2D eigenvalue weighted by Crippen LogP contribution is -2.41. The van der Waals surface area contributed by atoms with Crippen molar-refractivity contribution in [3.05, 3.63) is 24.4 Å². The van der Waals surface area contributed by atoms with E-state index < -0.39 is 21.0 Å². The van der Waals surface area contributed by atoms with Gasteiger partial charge in [-0.2, -0.15) is 0 Å². The standard InChI is InChI=1S/C13H18N2O4S/c1-10(13(16)15-9-11-5-4-8-19-11)20(17,18)12-6-2-3-7-14-12/h2-3,6-7,10-11H,4-5,8-9H2,1H3,(H,15,16)/t10-,11-/m0/s1. The van der Waals surface area contributed by atoms with E-state index in [9.17, 15) is 13.2 Å². The molecule has 1 aliphatic rings. The Hall–Kier alpha value is -1.47. The van der Waals surface area contributed by atoms with Crippen molar-refractivity contribution in [3.8, 4) is 0 Å². The number of rotatable bonds is 5. The zero-order valence-corrected chi connectivity index (χ0v) is 12.1. The number of nitrogens with one attached hydrogen (secondary N) is 1. The molecule has 7 heteroatoms. The highest BCUT2D eigenvalue weighted by molar-refractivity contribution is 7.92. The first-order valence-electron chi connectivity index (χ1n) is 6.56. The van der Waals surface area contributed by atoms with Crippen LogP contribution in [-0.2, 0) is 19.4 Å². The molecule has 0 aliphatic carbocycles. The summed E-state index contributed by atoms with van der Waals surface area (Å²) in [5.74, 6) is -0.522. The van der Waals surface area contributed by atoms with E-state index in [4.69, 9.17) is 4.74 Å². The molecule has 1 aromatic rings. The van der Waals surface area contributed by atoms with E-state index in [-0.39, 0.29) is 11.1 Å². The third-order valence-electron chi connectivity index (χ3n) is 3.29. The van der Waals surface area contributed by atoms with Crippen LogP contribution in [0.15, 0.2) is 29.4 Å². The zero-order chi connectivity index (χ0) is 14.6. The number of carbonyl (C=O) groups excluding carboxylic acids is 1. The van der Waals surface area contributed by atoms with Crippen LogP contribution < -0.4 is 5.32 Å². The SMILES string of the molecule is C[C@@H](C(=O)NC[C@@H]1CCCO1)S(=O)(=O)c1ccccn1. The molecule has 0 spiro atoms. The van der Waals surface area contributed by atoms with Gasteiger partial charge in [-0.25, -0.2) is 13.4 Å². The minimum absolute atomic E-state index is 0.0105. The van der Waals surface area contributed by atoms with Crippen molar-refractivity contribution in [1.82, 2.24) is 10.3 Å². The van der Waals surface area contributed by atoms with E-state index in [1.54, 1.807) is 12.1 Å². The zero-order valence-electron chi connectivity index (χ0n) is 11.3. The highest BCUT2D eigenvalue weighted by atomic mass is 32.2. The van der Waals surface area contributed by atoms with Crippen LogP contribution in [0.3, 0.4) is 0 Å². The van der Waals surface area contributed by atoms with E-state index >= 15 is 0 Å². The summed E-state index contributed by atoms with van der Waals surface area (Å²) >= 11 is 0. The second-order valence-corrected chi connectivity index (χ2v) is 6.95. The molecule has 1 amide bonds. The van der Waals surface area contributed by atoms with E-state index in [0.717, 1.165) is 12.8 Å². The number of ether oxygens (including phenoxy) is 1. The number of nitrogens with zero attached hydrogens (tertiary/aromatic N) is 1. The number of carbonyl (C=O) groups is 1. The Morgan fingerprint density at radius 1 is 1.55 bits per heavy atom. The topological polar surface area (TPSA) is 85.4 Å². The third-order valence-corrected chi connectivity index (χ3v) is 5.26. The molecule has 1 saturated heterocycles. The molecule has 1 aromatic heterocycles. The number of sulfone groups is 1. The summed E-state index contributed by atoms with van der Waals surface area (Å²) < 4.78 is 29.8. The maximum Gasteiger partial charge on any atom is 0.238 e. The third kappa shape index (κ3) is 3.34. The van der Waals surface area contributed by atoms with Gasteiger partial charge >= 0.3 is 0 Å². The Bertz CT molecular complexity index is 553. The molecule has 2 atom stereocenters. The summed E-state index contributed by atoms with van der Waals surface area (Å²) in [5, 5.41) is 1.38. The Morgan fingerprint density at radius 2 is 2.35 bits per heavy atom. The largest absolute Gasteiger partial charge is 0.376 e. The van der Waals surface area contributed by atoms with Gasteiger partial charge in [0.1, 0.15) is 5.25 Å². The summed E-state index contributed by atoms with van der Waals surface area (Å²) in [5.41, 5.74) is 0. The molecular weight excluding hydrogens is 280 g/mol. The van der Waals surface area contributed by atoms with E-state index in [1.165, 1.54) is 19.2 Å². The molecule has 2 heterocycles. The van der Waals surface area contributed by atoms with Crippen molar-refractivity contribution in [1.29, 1.82) is 0 Å². The van der Waals surface area contributed by atoms with Gasteiger partial charge in [0.25, 0.3) is 0 Å². The highest BCUT2D eigenvalue weighted by Crippen LogP contribution is 2.14. The van der Waals surface area contributed by atoms with Crippen LogP contribution in [0.4, 0.5) is 0 Å². The van der Waals surface area contributed by atoms with Crippen molar-refractivity contribution in [2.45, 2.75) is 36.1 Å². The van der Waals surface area contributed by atoms with Crippen LogP contribution in [0.2, 0.25) is 0 Å². The first-order valence-corrected chi connectivity index (χ1v) is 8.10. The Kier molecular flexibility index (Phi) is 4.72. The molecule has 6 nitrogen and oxygen atoms in total. The van der Waals surface area contributed by atoms with Gasteiger partial charge in [-0.1, -0.05) is 6.07 Å². The van der Waals surface area contributed by atoms with Crippen molar-refractivity contribution in [3.63, 3.8) is 0 Å². The molecule has 0 radical (unpaired) electrons. The summed E-state index contributed by atoms with van der Waals surface area (Å²) in [6.45, 7) is 2.41. The average Bonchev–Trinajstić information content (AvgIpc) is 2.98. The van der Waals surface area contributed by atoms with Crippen LogP contribution >= 0.6 is 0 Å². The van der Waals surface area contributed by atoms with E-state index in [1.807, 2.05) is 0 Å². The number of pyridine rings is 1. The smallest absolute Gasteiger partial charge is 0.238 e. The van der Waals surface area contributed by atoms with Gasteiger partial charge in [0.05, 0.1) is 6.10 Å². The average molecular weight is 298 g/mol. The molecule has 0 aromatic carbocycles. The molecule has 2 rings (SSSR count). The number of hydrogen-bond donors (Lipinski definition) is 1. The van der Waals surface area contributed by atoms with Crippen molar-refractivity contribution in [2.24, 2.45) is 0 Å². The van der Waals surface area contributed by atoms with Gasteiger partial charge in [0.15, 0.2) is 5.03 Å². The fraction of sp³-hybridized carbons (Fsp3) is 0.538. The lowest BCUT2D eigenvalue weighted by molar-refractivity contribution is -0.120. The van der Waals surface area contributed by atoms with Crippen molar-refractivity contribution in [2.75, 3.05) is 13.2 Å². The summed E-state index contributed by atoms with van der Waals surface area (Å²) in [7, 11) is -3.75. The normalized spacial score (nSPS) is 20.6. The van der Waals surface area contributed by atoms with Crippen LogP contribution in [0, 0.1) is 0 Å². The number of amides is 1. The van der Waals surface area contributed by atoms with Gasteiger partial charge in [-0.3, -0.25) is 4.79 Å². The van der Waals surface area contributed by atoms with Crippen LogP contribution in [0.25, 0.3) is 0 Å². The van der Waals surface area contributed by atoms with Gasteiger partial charge in [-0.05, 0) is 31.9 Å². The Morgan fingerprint density at radius 3 is 2.95 bits per heavy atom. The minimum Gasteiger partial charge on any atom is -0.376 e. The Balaban J connectivity index is 1.98. The quantitative estimate of drug-likeness (QED) is 0.857. The molecule has 0 saturated carbocycles. The molecule has 1 N–H and O–H groups in total. The van der Waals surface area contributed by atoms with Gasteiger partial charge in [-0.15, -0.1) is 0 Å². The summed E-state index contributed by atoms with van der Waals surface area (Å²) in [4.78, 5) is 15.7. The van der Waals surface area contributed by atoms with Crippen molar-refractivity contribution < 1.29 is 17.9 Å². The monoisotopic (exact) mass is 298 g/mol. The molecule has 20 heavy (non-hydrogen) atoms. The summed E-state index contributed by atoms with van der Waals surface area (Å²) in [6.07, 6.45) is 3.25. The fourth-order valence-corrected chi connectivity index (χ4v) is 3.20. The molecule has 0 bridgehead atoms. The maximum atomic E-state index is 12.2. The maximum absolute atomic E-state index is 12.2. The first-order chi connectivity index (χ1) is 9.51. The summed E-state index contributed by atoms with van der Waals surface area (Å²) in [6, 6.07) is 4.59. The van der Waals surface area contributed by atoms with Gasteiger partial charge < -0.3 is 10.1 Å². The molecular formula is C13H18N2O4S. The van der Waals surface area contributed by atoms with Gasteiger partial charge in [0, 0.05) is 19.3 Å².